The van der Waals surface area contributed by atoms with Crippen LogP contribution in [0.25, 0.3) is 88.6 Å². The first kappa shape index (κ1) is 28.3. The van der Waals surface area contributed by atoms with Crippen LogP contribution in [0.2, 0.25) is 0 Å². The predicted molar refractivity (Wildman–Crippen MR) is 209 cm³/mol. The van der Waals surface area contributed by atoms with Crippen molar-refractivity contribution in [1.29, 1.82) is 0 Å². The van der Waals surface area contributed by atoms with Gasteiger partial charge < -0.3 is 22.9 Å². The number of ether oxygens (including phenoxy) is 1. The number of aromatic nitrogens is 2. The van der Waals surface area contributed by atoms with Crippen molar-refractivity contribution in [2.45, 2.75) is 0 Å². The van der Waals surface area contributed by atoms with Gasteiger partial charge in [0.1, 0.15) is 22.2 Å². The van der Waals surface area contributed by atoms with Gasteiger partial charge in [0.25, 0.3) is 0 Å². The quantitative estimate of drug-likeness (QED) is 0.183. The van der Waals surface area contributed by atoms with Gasteiger partial charge in [0.2, 0.25) is 11.8 Å². The van der Waals surface area contributed by atoms with E-state index < -0.39 is 0 Å². The molecule has 248 valence electrons. The fraction of sp³-hybridized carbons (Fsp3) is 0. The van der Waals surface area contributed by atoms with Crippen molar-refractivity contribution >= 4 is 82.7 Å². The van der Waals surface area contributed by atoms with Crippen LogP contribution < -0.4 is 9.64 Å². The Morgan fingerprint density at radius 1 is 0.434 bits per heavy atom. The van der Waals surface area contributed by atoms with Gasteiger partial charge in [-0.2, -0.15) is 0 Å². The molecular formula is C46H25N3O4. The first-order valence-electron chi connectivity index (χ1n) is 17.5. The monoisotopic (exact) mass is 683 g/mol. The number of benzene rings is 8. The lowest BCUT2D eigenvalue weighted by Gasteiger charge is -2.33. The molecule has 11 aromatic rings. The zero-order valence-corrected chi connectivity index (χ0v) is 27.9. The normalized spacial score (nSPS) is 12.6. The highest BCUT2D eigenvalue weighted by molar-refractivity contribution is 6.09. The topological polar surface area (TPSA) is 77.7 Å². The zero-order valence-electron chi connectivity index (χ0n) is 27.9. The first-order valence-corrected chi connectivity index (χ1v) is 17.5. The second kappa shape index (κ2) is 10.6. The van der Waals surface area contributed by atoms with Crippen molar-refractivity contribution in [1.82, 2.24) is 9.97 Å². The third kappa shape index (κ3) is 4.16. The SMILES string of the molecule is c1cc(-c2nc3c(ccc4ccccc43)o2)c2c(c1)N(c1ccc(-c3nc4c(ccc5ccccc54)o3)cc1)c1cc3oc4ccccc4c3cc1O2. The van der Waals surface area contributed by atoms with Crippen LogP contribution in [0.3, 0.4) is 0 Å². The Morgan fingerprint density at radius 3 is 1.85 bits per heavy atom. The summed E-state index contributed by atoms with van der Waals surface area (Å²) >= 11 is 0. The fourth-order valence-corrected chi connectivity index (χ4v) is 7.81. The van der Waals surface area contributed by atoms with Gasteiger partial charge in [0.15, 0.2) is 22.7 Å². The molecule has 0 radical (unpaired) electrons. The summed E-state index contributed by atoms with van der Waals surface area (Å²) in [4.78, 5) is 12.2. The van der Waals surface area contributed by atoms with E-state index in [4.69, 9.17) is 28.0 Å². The standard InChI is InChI=1S/C46H25N3O4/c1-3-10-30-26(8-1)18-22-38-42(30)47-45(52-38)28-16-20-29(21-17-28)49-35-14-7-13-33(46-48-43-31-11-4-2-9-27(31)19-23-39(43)53-46)44(35)51-41-24-34-32-12-5-6-15-37(32)50-40(34)25-36(41)49/h1-25H. The van der Waals surface area contributed by atoms with Gasteiger partial charge in [-0.15, -0.1) is 0 Å². The van der Waals surface area contributed by atoms with Crippen LogP contribution in [0, 0.1) is 0 Å². The zero-order chi connectivity index (χ0) is 34.6. The number of rotatable bonds is 3. The number of anilines is 3. The predicted octanol–water partition coefficient (Wildman–Crippen LogP) is 13.1. The van der Waals surface area contributed by atoms with E-state index in [9.17, 15) is 0 Å². The molecule has 7 nitrogen and oxygen atoms in total. The highest BCUT2D eigenvalue weighted by atomic mass is 16.5. The molecule has 0 atom stereocenters. The van der Waals surface area contributed by atoms with Crippen molar-refractivity contribution < 1.29 is 18.0 Å². The summed E-state index contributed by atoms with van der Waals surface area (Å²) in [6, 6.07) is 51.1. The Kier molecular flexibility index (Phi) is 5.65. The number of furan rings is 1. The Balaban J connectivity index is 1.03. The number of fused-ring (bicyclic) bond motifs is 11. The minimum atomic E-state index is 0.491. The molecule has 0 unspecified atom stereocenters. The van der Waals surface area contributed by atoms with E-state index in [1.807, 2.05) is 78.9 Å². The molecule has 53 heavy (non-hydrogen) atoms. The first-order chi connectivity index (χ1) is 26.2. The average molecular weight is 684 g/mol. The molecule has 0 amide bonds. The Hall–Kier alpha value is -7.38. The largest absolute Gasteiger partial charge is 0.456 e. The summed E-state index contributed by atoms with van der Waals surface area (Å²) in [6.45, 7) is 0. The molecule has 4 heterocycles. The second-order valence-electron chi connectivity index (χ2n) is 13.4. The van der Waals surface area contributed by atoms with E-state index in [0.29, 0.717) is 23.3 Å². The van der Waals surface area contributed by atoms with Crippen LogP contribution in [0.15, 0.2) is 165 Å². The molecule has 3 aromatic heterocycles. The third-order valence-corrected chi connectivity index (χ3v) is 10.3. The van der Waals surface area contributed by atoms with Crippen molar-refractivity contribution in [2.75, 3.05) is 4.90 Å². The molecule has 12 rings (SSSR count). The van der Waals surface area contributed by atoms with Crippen LogP contribution in [-0.2, 0) is 0 Å². The molecule has 0 bridgehead atoms. The smallest absolute Gasteiger partial charge is 0.231 e. The van der Waals surface area contributed by atoms with Gasteiger partial charge in [-0.25, -0.2) is 9.97 Å². The lowest BCUT2D eigenvalue weighted by atomic mass is 10.0. The van der Waals surface area contributed by atoms with Gasteiger partial charge in [-0.05, 0) is 71.4 Å². The Morgan fingerprint density at radius 2 is 1.09 bits per heavy atom. The minimum absolute atomic E-state index is 0.491. The highest BCUT2D eigenvalue weighted by Gasteiger charge is 2.31. The third-order valence-electron chi connectivity index (χ3n) is 10.3. The molecule has 0 spiro atoms. The molecule has 0 N–H and O–H groups in total. The lowest BCUT2D eigenvalue weighted by Crippen LogP contribution is -2.16. The average Bonchev–Trinajstić information content (AvgIpc) is 3.95. The molecular weight excluding hydrogens is 659 g/mol. The molecule has 0 saturated carbocycles. The van der Waals surface area contributed by atoms with E-state index in [1.165, 1.54) is 0 Å². The number of nitrogens with zero attached hydrogens (tertiary/aromatic N) is 3. The second-order valence-corrected chi connectivity index (χ2v) is 13.4. The van der Waals surface area contributed by atoms with Crippen molar-refractivity contribution in [2.24, 2.45) is 0 Å². The molecule has 8 aromatic carbocycles. The minimum Gasteiger partial charge on any atom is -0.456 e. The summed E-state index contributed by atoms with van der Waals surface area (Å²) in [5.41, 5.74) is 9.01. The molecule has 0 saturated heterocycles. The number of oxazole rings is 2. The maximum Gasteiger partial charge on any atom is 0.231 e. The summed E-state index contributed by atoms with van der Waals surface area (Å²) in [7, 11) is 0. The molecule has 1 aliphatic heterocycles. The number of hydrogen-bond donors (Lipinski definition) is 0. The van der Waals surface area contributed by atoms with E-state index in [0.717, 1.165) is 93.9 Å². The maximum absolute atomic E-state index is 6.88. The van der Waals surface area contributed by atoms with Crippen LogP contribution in [0.1, 0.15) is 0 Å². The maximum atomic E-state index is 6.88. The van der Waals surface area contributed by atoms with E-state index >= 15 is 0 Å². The van der Waals surface area contributed by atoms with Crippen molar-refractivity contribution in [3.8, 4) is 34.4 Å². The van der Waals surface area contributed by atoms with Gasteiger partial charge in [-0.1, -0.05) is 84.9 Å². The van der Waals surface area contributed by atoms with Crippen molar-refractivity contribution in [3.63, 3.8) is 0 Å². The molecule has 0 aliphatic carbocycles. The van der Waals surface area contributed by atoms with Gasteiger partial charge in [-0.3, -0.25) is 0 Å². The number of para-hydroxylation sites is 2. The van der Waals surface area contributed by atoms with Gasteiger partial charge in [0, 0.05) is 38.9 Å². The van der Waals surface area contributed by atoms with Gasteiger partial charge >= 0.3 is 0 Å². The van der Waals surface area contributed by atoms with E-state index in [2.05, 4.69) is 77.7 Å². The summed E-state index contributed by atoms with van der Waals surface area (Å²) in [5.74, 6) is 2.41. The molecule has 1 aliphatic rings. The van der Waals surface area contributed by atoms with Crippen molar-refractivity contribution in [3.05, 3.63) is 152 Å². The van der Waals surface area contributed by atoms with E-state index in [1.54, 1.807) is 0 Å². The fourth-order valence-electron chi connectivity index (χ4n) is 7.81. The summed E-state index contributed by atoms with van der Waals surface area (Å²) in [5, 5.41) is 6.35. The lowest BCUT2D eigenvalue weighted by molar-refractivity contribution is 0.476. The van der Waals surface area contributed by atoms with Crippen LogP contribution in [0.4, 0.5) is 17.1 Å². The molecule has 0 fully saturated rings. The summed E-state index contributed by atoms with van der Waals surface area (Å²) in [6.07, 6.45) is 0. The Labute approximate surface area is 300 Å². The molecule has 7 heteroatoms. The highest BCUT2D eigenvalue weighted by Crippen LogP contribution is 2.55. The van der Waals surface area contributed by atoms with Crippen LogP contribution in [-0.4, -0.2) is 9.97 Å². The Bertz CT molecular complexity index is 3280. The van der Waals surface area contributed by atoms with Crippen LogP contribution >= 0.6 is 0 Å². The van der Waals surface area contributed by atoms with Gasteiger partial charge in [0.05, 0.1) is 16.9 Å². The van der Waals surface area contributed by atoms with Crippen LogP contribution in [0.5, 0.6) is 11.5 Å². The summed E-state index contributed by atoms with van der Waals surface area (Å²) < 4.78 is 26.0. The number of hydrogen-bond acceptors (Lipinski definition) is 7. The van der Waals surface area contributed by atoms with E-state index in [-0.39, 0.29) is 0 Å².